The van der Waals surface area contributed by atoms with E-state index >= 15 is 0 Å². The van der Waals surface area contributed by atoms with Crippen molar-refractivity contribution in [1.29, 1.82) is 0 Å². The molecule has 3 aliphatic heterocycles. The van der Waals surface area contributed by atoms with Crippen molar-refractivity contribution in [3.05, 3.63) is 48.8 Å². The molecule has 2 aromatic carbocycles. The van der Waals surface area contributed by atoms with E-state index in [1.807, 2.05) is 6.07 Å². The van der Waals surface area contributed by atoms with Crippen LogP contribution in [0.3, 0.4) is 0 Å². The fraction of sp³-hybridized carbons (Fsp3) is 0.500. The second kappa shape index (κ2) is 13.0. The summed E-state index contributed by atoms with van der Waals surface area (Å²) in [5.74, 6) is 1.24. The van der Waals surface area contributed by atoms with E-state index in [0.29, 0.717) is 36.5 Å². The average molecular weight is 608 g/mol. The van der Waals surface area contributed by atoms with E-state index in [4.69, 9.17) is 4.74 Å². The Morgan fingerprint density at radius 3 is 2.21 bits per heavy atom. The highest BCUT2D eigenvalue weighted by Crippen LogP contribution is 2.34. The van der Waals surface area contributed by atoms with Gasteiger partial charge >= 0.3 is 0 Å². The van der Waals surface area contributed by atoms with Gasteiger partial charge in [-0.25, -0.2) is 18.4 Å². The SMILES string of the molecule is COc1cc(N2CCC(N3CCN(C)CC3)CC2)ccc1Nc1ncnc(Nc2ccccc2S(=O)(=O)N2CCCC2)n1. The van der Waals surface area contributed by atoms with Gasteiger partial charge in [-0.15, -0.1) is 0 Å². The molecule has 2 N–H and O–H groups in total. The number of hydrogen-bond acceptors (Lipinski definition) is 11. The van der Waals surface area contributed by atoms with Gasteiger partial charge in [0.2, 0.25) is 21.9 Å². The van der Waals surface area contributed by atoms with Gasteiger partial charge in [-0.3, -0.25) is 4.90 Å². The van der Waals surface area contributed by atoms with Crippen molar-refractivity contribution in [3.63, 3.8) is 0 Å². The zero-order valence-corrected chi connectivity index (χ0v) is 25.8. The lowest BCUT2D eigenvalue weighted by atomic mass is 10.0. The summed E-state index contributed by atoms with van der Waals surface area (Å²) in [6.07, 6.45) is 5.46. The number of benzene rings is 2. The first kappa shape index (κ1) is 29.5. The van der Waals surface area contributed by atoms with Crippen LogP contribution in [0.5, 0.6) is 5.75 Å². The minimum Gasteiger partial charge on any atom is -0.494 e. The van der Waals surface area contributed by atoms with Crippen LogP contribution >= 0.6 is 0 Å². The van der Waals surface area contributed by atoms with Crippen LogP contribution in [0, 0.1) is 0 Å². The summed E-state index contributed by atoms with van der Waals surface area (Å²) >= 11 is 0. The Hall–Kier alpha value is -3.52. The molecule has 3 aromatic rings. The van der Waals surface area contributed by atoms with Gasteiger partial charge in [-0.1, -0.05) is 12.1 Å². The minimum atomic E-state index is -3.62. The maximum atomic E-state index is 13.3. The maximum Gasteiger partial charge on any atom is 0.245 e. The lowest BCUT2D eigenvalue weighted by Gasteiger charge is -2.42. The monoisotopic (exact) mass is 607 g/mol. The van der Waals surface area contributed by atoms with Gasteiger partial charge in [-0.2, -0.15) is 9.29 Å². The molecule has 1 aromatic heterocycles. The molecule has 0 spiro atoms. The van der Waals surface area contributed by atoms with Gasteiger partial charge in [0.15, 0.2) is 0 Å². The number of methoxy groups -OCH3 is 1. The minimum absolute atomic E-state index is 0.205. The highest BCUT2D eigenvalue weighted by atomic mass is 32.2. The molecule has 230 valence electrons. The molecular weight excluding hydrogens is 566 g/mol. The predicted octanol–water partition coefficient (Wildman–Crippen LogP) is 3.37. The number of para-hydroxylation sites is 1. The van der Waals surface area contributed by atoms with Crippen LogP contribution < -0.4 is 20.3 Å². The summed E-state index contributed by atoms with van der Waals surface area (Å²) in [5.41, 5.74) is 2.28. The summed E-state index contributed by atoms with van der Waals surface area (Å²) in [6.45, 7) is 7.73. The van der Waals surface area contributed by atoms with E-state index in [0.717, 1.165) is 76.3 Å². The molecule has 0 bridgehead atoms. The molecule has 13 heteroatoms. The number of nitrogens with one attached hydrogen (secondary N) is 2. The molecule has 0 atom stereocenters. The van der Waals surface area contributed by atoms with Crippen LogP contribution in [0.15, 0.2) is 53.7 Å². The van der Waals surface area contributed by atoms with Gasteiger partial charge < -0.3 is 25.2 Å². The fourth-order valence-electron chi connectivity index (χ4n) is 6.18. The zero-order chi connectivity index (χ0) is 29.8. The molecule has 3 aliphatic rings. The number of hydrogen-bond donors (Lipinski definition) is 2. The van der Waals surface area contributed by atoms with Crippen molar-refractivity contribution in [2.24, 2.45) is 0 Å². The maximum absolute atomic E-state index is 13.3. The average Bonchev–Trinajstić information content (AvgIpc) is 3.59. The van der Waals surface area contributed by atoms with Gasteiger partial charge in [0.1, 0.15) is 17.0 Å². The van der Waals surface area contributed by atoms with Crippen LogP contribution in [0.25, 0.3) is 0 Å². The Kier molecular flexibility index (Phi) is 8.93. The molecule has 4 heterocycles. The Bertz CT molecular complexity index is 1500. The van der Waals surface area contributed by atoms with Gasteiger partial charge in [0.05, 0.1) is 18.5 Å². The smallest absolute Gasteiger partial charge is 0.245 e. The Morgan fingerprint density at radius 1 is 0.837 bits per heavy atom. The highest BCUT2D eigenvalue weighted by molar-refractivity contribution is 7.89. The second-order valence-corrected chi connectivity index (χ2v) is 13.3. The van der Waals surface area contributed by atoms with E-state index in [1.165, 1.54) is 10.6 Å². The molecule has 0 aliphatic carbocycles. The van der Waals surface area contributed by atoms with Crippen molar-refractivity contribution >= 4 is 39.0 Å². The number of sulfonamides is 1. The van der Waals surface area contributed by atoms with Crippen molar-refractivity contribution < 1.29 is 13.2 Å². The number of nitrogens with zero attached hydrogens (tertiary/aromatic N) is 7. The highest BCUT2D eigenvalue weighted by Gasteiger charge is 2.30. The third-order valence-corrected chi connectivity index (χ3v) is 10.7. The van der Waals surface area contributed by atoms with Crippen LogP contribution in [0.4, 0.5) is 29.0 Å². The van der Waals surface area contributed by atoms with Gasteiger partial charge in [0, 0.05) is 70.2 Å². The van der Waals surface area contributed by atoms with Crippen molar-refractivity contribution in [2.75, 3.05) is 82.0 Å². The normalized spacial score (nSPS) is 19.4. The quantitative estimate of drug-likeness (QED) is 0.373. The lowest BCUT2D eigenvalue weighted by Crippen LogP contribution is -2.52. The number of anilines is 5. The summed E-state index contributed by atoms with van der Waals surface area (Å²) in [7, 11) is 0.234. The second-order valence-electron chi connectivity index (χ2n) is 11.4. The molecule has 0 amide bonds. The zero-order valence-electron chi connectivity index (χ0n) is 24.9. The number of likely N-dealkylation sites (N-methyl/N-ethyl adjacent to an activating group) is 1. The van der Waals surface area contributed by atoms with Gasteiger partial charge in [0.25, 0.3) is 0 Å². The number of piperazine rings is 1. The Labute approximate surface area is 254 Å². The van der Waals surface area contributed by atoms with Crippen molar-refractivity contribution in [1.82, 2.24) is 29.1 Å². The molecule has 3 fully saturated rings. The van der Waals surface area contributed by atoms with E-state index in [2.05, 4.69) is 59.5 Å². The first-order valence-electron chi connectivity index (χ1n) is 15.1. The van der Waals surface area contributed by atoms with Crippen LogP contribution in [-0.2, 0) is 10.0 Å². The fourth-order valence-corrected chi connectivity index (χ4v) is 7.84. The molecular formula is C30H41N9O3S. The summed E-state index contributed by atoms with van der Waals surface area (Å²) in [4.78, 5) is 20.7. The summed E-state index contributed by atoms with van der Waals surface area (Å²) in [5, 5.41) is 6.33. The third kappa shape index (κ3) is 6.69. The summed E-state index contributed by atoms with van der Waals surface area (Å²) < 4.78 is 33.8. The first-order chi connectivity index (χ1) is 20.9. The van der Waals surface area contributed by atoms with E-state index in [-0.39, 0.29) is 10.8 Å². The molecule has 6 rings (SSSR count). The molecule has 0 radical (unpaired) electrons. The van der Waals surface area contributed by atoms with Crippen LogP contribution in [0.1, 0.15) is 25.7 Å². The van der Waals surface area contributed by atoms with Gasteiger partial charge in [-0.05, 0) is 57.0 Å². The Morgan fingerprint density at radius 2 is 1.51 bits per heavy atom. The Balaban J connectivity index is 1.12. The molecule has 3 saturated heterocycles. The topological polar surface area (TPSA) is 119 Å². The van der Waals surface area contributed by atoms with Crippen LogP contribution in [0.2, 0.25) is 0 Å². The molecule has 43 heavy (non-hydrogen) atoms. The van der Waals surface area contributed by atoms with E-state index in [1.54, 1.807) is 31.4 Å². The standard InChI is InChI=1S/C30H41N9O3S/c1-36-17-19-38(20-18-36)23-11-15-37(16-12-23)24-9-10-25(27(21-24)42-2)33-29-31-22-32-30(35-29)34-26-7-3-4-8-28(26)43(40,41)39-13-5-6-14-39/h3-4,7-10,21-23H,5-6,11-20H2,1-2H3,(H2,31,32,33,34,35). The number of ether oxygens (including phenoxy) is 1. The van der Waals surface area contributed by atoms with E-state index < -0.39 is 10.0 Å². The summed E-state index contributed by atoms with van der Waals surface area (Å²) in [6, 6.07) is 13.6. The predicted molar refractivity (Wildman–Crippen MR) is 168 cm³/mol. The number of rotatable bonds is 9. The number of aromatic nitrogens is 3. The van der Waals surface area contributed by atoms with E-state index in [9.17, 15) is 8.42 Å². The molecule has 12 nitrogen and oxygen atoms in total. The third-order valence-electron chi connectivity index (χ3n) is 8.70. The number of piperidine rings is 1. The first-order valence-corrected chi connectivity index (χ1v) is 16.5. The molecule has 0 unspecified atom stereocenters. The molecule has 0 saturated carbocycles. The van der Waals surface area contributed by atoms with Crippen molar-refractivity contribution in [2.45, 2.75) is 36.6 Å². The van der Waals surface area contributed by atoms with Crippen molar-refractivity contribution in [3.8, 4) is 5.75 Å². The largest absolute Gasteiger partial charge is 0.494 e. The lowest BCUT2D eigenvalue weighted by molar-refractivity contribution is 0.0982. The van der Waals surface area contributed by atoms with Crippen LogP contribution in [-0.4, -0.2) is 110 Å².